The second-order valence-corrected chi connectivity index (χ2v) is 7.50. The first-order valence-electron chi connectivity index (χ1n) is 8.05. The average molecular weight is 285 g/mol. The van der Waals surface area contributed by atoms with Gasteiger partial charge in [0.05, 0.1) is 23.0 Å². The summed E-state index contributed by atoms with van der Waals surface area (Å²) < 4.78 is 0. The van der Waals surface area contributed by atoms with Gasteiger partial charge in [-0.05, 0) is 62.3 Å². The molecule has 1 amide bonds. The van der Waals surface area contributed by atoms with Crippen molar-refractivity contribution < 1.29 is 4.79 Å². The Morgan fingerprint density at radius 2 is 1.81 bits per heavy atom. The SMILES string of the molecule is CN(C(=O)C12CC3CC(CC(C3)C1)C2)c1ccncc1N. The molecule has 2 N–H and O–H groups in total. The molecule has 4 aliphatic carbocycles. The van der Waals surface area contributed by atoms with Crippen LogP contribution in [0.3, 0.4) is 0 Å². The normalized spacial score (nSPS) is 36.7. The largest absolute Gasteiger partial charge is 0.396 e. The Hall–Kier alpha value is -1.58. The van der Waals surface area contributed by atoms with Crippen molar-refractivity contribution in [1.82, 2.24) is 4.98 Å². The maximum absolute atomic E-state index is 13.2. The number of carbonyl (C=O) groups is 1. The number of nitrogens with zero attached hydrogens (tertiary/aromatic N) is 2. The van der Waals surface area contributed by atoms with E-state index in [1.165, 1.54) is 19.3 Å². The summed E-state index contributed by atoms with van der Waals surface area (Å²) in [5.41, 5.74) is 7.26. The molecular formula is C17H23N3O. The summed E-state index contributed by atoms with van der Waals surface area (Å²) in [7, 11) is 1.87. The molecule has 1 aromatic rings. The standard InChI is InChI=1S/C17H23N3O/c1-20(15-2-3-19-10-14(15)18)16(21)17-7-11-4-12(8-17)6-13(5-11)9-17/h2-3,10-13H,4-9,18H2,1H3. The highest BCUT2D eigenvalue weighted by atomic mass is 16.2. The Balaban J connectivity index is 1.64. The van der Waals surface area contributed by atoms with E-state index in [1.54, 1.807) is 17.3 Å². The third-order valence-corrected chi connectivity index (χ3v) is 5.99. The van der Waals surface area contributed by atoms with Crippen LogP contribution >= 0.6 is 0 Å². The molecule has 1 heterocycles. The van der Waals surface area contributed by atoms with Crippen molar-refractivity contribution in [3.63, 3.8) is 0 Å². The maximum Gasteiger partial charge on any atom is 0.233 e. The molecule has 4 bridgehead atoms. The number of aromatic nitrogens is 1. The van der Waals surface area contributed by atoms with Crippen molar-refractivity contribution in [2.45, 2.75) is 38.5 Å². The lowest BCUT2D eigenvalue weighted by atomic mass is 9.49. The fourth-order valence-corrected chi connectivity index (χ4v) is 5.54. The molecule has 21 heavy (non-hydrogen) atoms. The van der Waals surface area contributed by atoms with Crippen LogP contribution in [-0.4, -0.2) is 17.9 Å². The van der Waals surface area contributed by atoms with E-state index in [0.29, 0.717) is 5.69 Å². The lowest BCUT2D eigenvalue weighted by Gasteiger charge is -2.56. The highest BCUT2D eigenvalue weighted by Gasteiger charge is 2.55. The Bertz CT molecular complexity index is 548. The molecule has 0 radical (unpaired) electrons. The van der Waals surface area contributed by atoms with E-state index in [0.717, 1.165) is 42.7 Å². The van der Waals surface area contributed by atoms with Crippen LogP contribution in [0.4, 0.5) is 11.4 Å². The summed E-state index contributed by atoms with van der Waals surface area (Å²) in [6.45, 7) is 0. The highest BCUT2D eigenvalue weighted by Crippen LogP contribution is 2.60. The number of pyridine rings is 1. The third-order valence-electron chi connectivity index (χ3n) is 5.99. The van der Waals surface area contributed by atoms with Gasteiger partial charge in [-0.3, -0.25) is 9.78 Å². The molecule has 4 fully saturated rings. The fraction of sp³-hybridized carbons (Fsp3) is 0.647. The number of amides is 1. The lowest BCUT2D eigenvalue weighted by Crippen LogP contribution is -2.54. The number of nitrogens with two attached hydrogens (primary N) is 1. The zero-order chi connectivity index (χ0) is 14.6. The maximum atomic E-state index is 13.2. The van der Waals surface area contributed by atoms with Crippen LogP contribution < -0.4 is 10.6 Å². The van der Waals surface area contributed by atoms with Gasteiger partial charge >= 0.3 is 0 Å². The Morgan fingerprint density at radius 1 is 1.24 bits per heavy atom. The Morgan fingerprint density at radius 3 is 2.33 bits per heavy atom. The summed E-state index contributed by atoms with van der Waals surface area (Å²) in [6.07, 6.45) is 10.7. The van der Waals surface area contributed by atoms with Crippen molar-refractivity contribution in [2.24, 2.45) is 23.2 Å². The van der Waals surface area contributed by atoms with Crippen molar-refractivity contribution in [3.8, 4) is 0 Å². The smallest absolute Gasteiger partial charge is 0.233 e. The van der Waals surface area contributed by atoms with Crippen LogP contribution in [0.25, 0.3) is 0 Å². The summed E-state index contributed by atoms with van der Waals surface area (Å²) in [5, 5.41) is 0. The highest BCUT2D eigenvalue weighted by molar-refractivity contribution is 5.99. The minimum Gasteiger partial charge on any atom is -0.396 e. The summed E-state index contributed by atoms with van der Waals surface area (Å²) >= 11 is 0. The van der Waals surface area contributed by atoms with Gasteiger partial charge in [-0.1, -0.05) is 0 Å². The number of nitrogen functional groups attached to an aromatic ring is 1. The van der Waals surface area contributed by atoms with Crippen molar-refractivity contribution in [3.05, 3.63) is 18.5 Å². The Kier molecular flexibility index (Phi) is 2.78. The Labute approximate surface area is 125 Å². The molecule has 4 nitrogen and oxygen atoms in total. The van der Waals surface area contributed by atoms with Gasteiger partial charge in [0.25, 0.3) is 0 Å². The molecule has 0 aliphatic heterocycles. The van der Waals surface area contributed by atoms with E-state index < -0.39 is 0 Å². The predicted octanol–water partition coefficient (Wildman–Crippen LogP) is 2.84. The monoisotopic (exact) mass is 285 g/mol. The molecule has 1 aromatic heterocycles. The average Bonchev–Trinajstić information content (AvgIpc) is 2.45. The zero-order valence-corrected chi connectivity index (χ0v) is 12.6. The molecule has 0 atom stereocenters. The molecular weight excluding hydrogens is 262 g/mol. The van der Waals surface area contributed by atoms with Crippen molar-refractivity contribution in [2.75, 3.05) is 17.7 Å². The number of hydrogen-bond donors (Lipinski definition) is 1. The minimum atomic E-state index is -0.112. The topological polar surface area (TPSA) is 59.2 Å². The van der Waals surface area contributed by atoms with Gasteiger partial charge in [0.1, 0.15) is 0 Å². The number of carbonyl (C=O) groups excluding carboxylic acids is 1. The quantitative estimate of drug-likeness (QED) is 0.909. The second kappa shape index (κ2) is 4.46. The fourth-order valence-electron chi connectivity index (χ4n) is 5.54. The van der Waals surface area contributed by atoms with Crippen LogP contribution in [0.1, 0.15) is 38.5 Å². The van der Waals surface area contributed by atoms with Gasteiger partial charge < -0.3 is 10.6 Å². The van der Waals surface area contributed by atoms with Gasteiger partial charge in [-0.25, -0.2) is 0 Å². The van der Waals surface area contributed by atoms with Crippen LogP contribution in [0.2, 0.25) is 0 Å². The van der Waals surface area contributed by atoms with Crippen LogP contribution in [0, 0.1) is 23.2 Å². The first kappa shape index (κ1) is 13.1. The molecule has 4 heteroatoms. The van der Waals surface area contributed by atoms with Crippen LogP contribution in [0.5, 0.6) is 0 Å². The molecule has 0 spiro atoms. The lowest BCUT2D eigenvalue weighted by molar-refractivity contribution is -0.143. The molecule has 5 rings (SSSR count). The molecule has 4 saturated carbocycles. The van der Waals surface area contributed by atoms with Gasteiger partial charge in [-0.2, -0.15) is 0 Å². The van der Waals surface area contributed by atoms with E-state index in [-0.39, 0.29) is 11.3 Å². The van der Waals surface area contributed by atoms with E-state index in [2.05, 4.69) is 4.98 Å². The number of hydrogen-bond acceptors (Lipinski definition) is 3. The molecule has 0 aromatic carbocycles. The van der Waals surface area contributed by atoms with Crippen molar-refractivity contribution >= 4 is 17.3 Å². The summed E-state index contributed by atoms with van der Waals surface area (Å²) in [6, 6.07) is 1.84. The third kappa shape index (κ3) is 1.95. The zero-order valence-electron chi connectivity index (χ0n) is 12.6. The first-order valence-corrected chi connectivity index (χ1v) is 8.05. The summed E-state index contributed by atoms with van der Waals surface area (Å²) in [5.74, 6) is 2.62. The van der Waals surface area contributed by atoms with Gasteiger partial charge in [0.2, 0.25) is 5.91 Å². The molecule has 0 unspecified atom stereocenters. The summed E-state index contributed by atoms with van der Waals surface area (Å²) in [4.78, 5) is 19.0. The second-order valence-electron chi connectivity index (χ2n) is 7.50. The number of anilines is 2. The van der Waals surface area contributed by atoms with E-state index in [1.807, 2.05) is 13.1 Å². The van der Waals surface area contributed by atoms with Crippen LogP contribution in [0.15, 0.2) is 18.5 Å². The molecule has 0 saturated heterocycles. The van der Waals surface area contributed by atoms with E-state index >= 15 is 0 Å². The van der Waals surface area contributed by atoms with E-state index in [4.69, 9.17) is 5.73 Å². The van der Waals surface area contributed by atoms with Crippen molar-refractivity contribution in [1.29, 1.82) is 0 Å². The first-order chi connectivity index (χ1) is 10.1. The molecule has 4 aliphatic rings. The van der Waals surface area contributed by atoms with E-state index in [9.17, 15) is 4.79 Å². The van der Waals surface area contributed by atoms with Gasteiger partial charge in [0.15, 0.2) is 0 Å². The van der Waals surface area contributed by atoms with Gasteiger partial charge in [-0.15, -0.1) is 0 Å². The molecule has 112 valence electrons. The van der Waals surface area contributed by atoms with Gasteiger partial charge in [0, 0.05) is 13.2 Å². The minimum absolute atomic E-state index is 0.112. The number of rotatable bonds is 2. The predicted molar refractivity (Wildman–Crippen MR) is 82.7 cm³/mol. The van der Waals surface area contributed by atoms with Crippen LogP contribution in [-0.2, 0) is 4.79 Å².